The molecule has 1 fully saturated rings. The predicted octanol–water partition coefficient (Wildman–Crippen LogP) is 5.05. The van der Waals surface area contributed by atoms with E-state index in [-0.39, 0.29) is 60.7 Å². The first kappa shape index (κ1) is 34.9. The number of rotatable bonds is 7. The Morgan fingerprint density at radius 2 is 1.75 bits per heavy atom. The van der Waals surface area contributed by atoms with Crippen LogP contribution in [0.1, 0.15) is 43.7 Å². The maximum absolute atomic E-state index is 15.3. The van der Waals surface area contributed by atoms with Crippen LogP contribution in [-0.4, -0.2) is 59.6 Å². The highest BCUT2D eigenvalue weighted by Crippen LogP contribution is 2.39. The predicted molar refractivity (Wildman–Crippen MR) is 157 cm³/mol. The molecule has 1 aromatic heterocycles. The number of nitrogens with zero attached hydrogens (tertiary/aromatic N) is 2. The van der Waals surface area contributed by atoms with Gasteiger partial charge in [0.2, 0.25) is 0 Å². The molecule has 1 saturated heterocycles. The van der Waals surface area contributed by atoms with E-state index in [2.05, 4.69) is 5.32 Å². The highest BCUT2D eigenvalue weighted by Gasteiger charge is 2.46. The van der Waals surface area contributed by atoms with Crippen LogP contribution in [0.15, 0.2) is 35.3 Å². The van der Waals surface area contributed by atoms with Gasteiger partial charge >= 0.3 is 18.3 Å². The first-order valence-corrected chi connectivity index (χ1v) is 14.6. The number of ether oxygens (including phenoxy) is 2. The van der Waals surface area contributed by atoms with Crippen molar-refractivity contribution in [2.75, 3.05) is 24.7 Å². The lowest BCUT2D eigenvalue weighted by atomic mass is 9.89. The standard InChI is InChI=1S/C32H30F7N3O6/c1-15-8-18(42-6-7-47-14-25(42)32(37,38)39)10-23(33)26(15)28(43)40-24(30(45)46)9-17-4-5-19(21-13-48-12-20(17)21)27-16(2)22(31(34,35)36)11-41(3)29(27)44/h4-5,8,10-11,24-25H,6-7,9,12-14H2,1-3H3,(H,40,43)(H,45,46)/t24-,25+/m0/s1. The minimum atomic E-state index is -4.73. The summed E-state index contributed by atoms with van der Waals surface area (Å²) in [5, 5.41) is 12.2. The number of amides is 1. The average molecular weight is 686 g/mol. The summed E-state index contributed by atoms with van der Waals surface area (Å²) in [6, 6.07) is 1.17. The summed E-state index contributed by atoms with van der Waals surface area (Å²) in [7, 11) is 1.20. The van der Waals surface area contributed by atoms with Gasteiger partial charge in [0, 0.05) is 31.9 Å². The molecule has 0 radical (unpaired) electrons. The molecule has 16 heteroatoms. The topological polar surface area (TPSA) is 110 Å². The van der Waals surface area contributed by atoms with E-state index in [1.165, 1.54) is 39.1 Å². The summed E-state index contributed by atoms with van der Waals surface area (Å²) < 4.78 is 109. The van der Waals surface area contributed by atoms with Gasteiger partial charge in [-0.2, -0.15) is 26.3 Å². The molecule has 2 aliphatic rings. The first-order chi connectivity index (χ1) is 22.4. The highest BCUT2D eigenvalue weighted by molar-refractivity contribution is 5.98. The number of halogens is 7. The van der Waals surface area contributed by atoms with E-state index >= 15 is 4.39 Å². The van der Waals surface area contributed by atoms with Gasteiger partial charge in [0.15, 0.2) is 0 Å². The van der Waals surface area contributed by atoms with Crippen LogP contribution in [0.2, 0.25) is 0 Å². The van der Waals surface area contributed by atoms with Crippen molar-refractivity contribution in [3.05, 3.63) is 85.6 Å². The minimum Gasteiger partial charge on any atom is -0.480 e. The van der Waals surface area contributed by atoms with Gasteiger partial charge < -0.3 is 29.4 Å². The van der Waals surface area contributed by atoms with E-state index in [0.717, 1.165) is 15.5 Å². The Labute approximate surface area is 268 Å². The maximum Gasteiger partial charge on any atom is 0.418 e. The molecule has 3 heterocycles. The third-order valence-corrected chi connectivity index (χ3v) is 8.60. The fraction of sp³-hybridized carbons (Fsp3) is 0.406. The Bertz CT molecular complexity index is 1810. The van der Waals surface area contributed by atoms with E-state index in [1.807, 2.05) is 0 Å². The highest BCUT2D eigenvalue weighted by atomic mass is 19.4. The van der Waals surface area contributed by atoms with Crippen LogP contribution in [0.5, 0.6) is 0 Å². The van der Waals surface area contributed by atoms with Crippen LogP contribution in [0, 0.1) is 19.7 Å². The molecule has 2 aromatic carbocycles. The van der Waals surface area contributed by atoms with Gasteiger partial charge in [0.05, 0.1) is 43.1 Å². The Hall–Kier alpha value is -4.44. The van der Waals surface area contributed by atoms with Gasteiger partial charge in [0.25, 0.3) is 11.5 Å². The third kappa shape index (κ3) is 6.63. The summed E-state index contributed by atoms with van der Waals surface area (Å²) in [5.41, 5.74) is -1.47. The number of aliphatic carboxylic acids is 1. The van der Waals surface area contributed by atoms with Gasteiger partial charge in [-0.15, -0.1) is 0 Å². The Kier molecular flexibility index (Phi) is 9.36. The Morgan fingerprint density at radius 3 is 2.38 bits per heavy atom. The second-order valence-electron chi connectivity index (χ2n) is 11.7. The number of aryl methyl sites for hydroxylation is 2. The number of hydrogen-bond donors (Lipinski definition) is 2. The minimum absolute atomic E-state index is 0.0261. The fourth-order valence-corrected chi connectivity index (χ4v) is 6.20. The number of carboxylic acid groups (broad SMARTS) is 1. The van der Waals surface area contributed by atoms with Crippen LogP contribution >= 0.6 is 0 Å². The number of nitrogens with one attached hydrogen (secondary N) is 1. The van der Waals surface area contributed by atoms with Gasteiger partial charge in [-0.25, -0.2) is 9.18 Å². The molecule has 258 valence electrons. The van der Waals surface area contributed by atoms with E-state index in [4.69, 9.17) is 9.47 Å². The average Bonchev–Trinajstić information content (AvgIpc) is 3.49. The molecule has 9 nitrogen and oxygen atoms in total. The number of benzene rings is 2. The van der Waals surface area contributed by atoms with Crippen molar-refractivity contribution in [2.24, 2.45) is 7.05 Å². The van der Waals surface area contributed by atoms with E-state index in [9.17, 15) is 45.8 Å². The summed E-state index contributed by atoms with van der Waals surface area (Å²) in [5.74, 6) is -3.76. The molecule has 0 unspecified atom stereocenters. The maximum atomic E-state index is 15.3. The van der Waals surface area contributed by atoms with Crippen molar-refractivity contribution in [3.8, 4) is 11.1 Å². The van der Waals surface area contributed by atoms with E-state index in [0.29, 0.717) is 22.9 Å². The van der Waals surface area contributed by atoms with Crippen LogP contribution in [0.25, 0.3) is 11.1 Å². The Balaban J connectivity index is 1.44. The molecule has 0 saturated carbocycles. The largest absolute Gasteiger partial charge is 0.480 e. The van der Waals surface area contributed by atoms with Crippen LogP contribution < -0.4 is 15.8 Å². The van der Waals surface area contributed by atoms with Crippen LogP contribution in [-0.2, 0) is 47.1 Å². The lowest BCUT2D eigenvalue weighted by Crippen LogP contribution is -2.53. The van der Waals surface area contributed by atoms with Gasteiger partial charge in [-0.1, -0.05) is 12.1 Å². The zero-order valence-electron chi connectivity index (χ0n) is 25.8. The van der Waals surface area contributed by atoms with Crippen LogP contribution in [0.4, 0.5) is 36.4 Å². The smallest absolute Gasteiger partial charge is 0.418 e. The molecule has 1 amide bonds. The van der Waals surface area contributed by atoms with Gasteiger partial charge in [-0.3, -0.25) is 9.59 Å². The molecular formula is C32H30F7N3O6. The number of carboxylic acids is 1. The Morgan fingerprint density at radius 1 is 1.06 bits per heavy atom. The second-order valence-corrected chi connectivity index (χ2v) is 11.7. The summed E-state index contributed by atoms with van der Waals surface area (Å²) in [6.45, 7) is 1.52. The normalized spacial score (nSPS) is 17.3. The molecule has 2 atom stereocenters. The number of anilines is 1. The quantitative estimate of drug-likeness (QED) is 0.335. The summed E-state index contributed by atoms with van der Waals surface area (Å²) in [6.07, 6.45) is -9.03. The number of carbonyl (C=O) groups is 2. The summed E-state index contributed by atoms with van der Waals surface area (Å²) >= 11 is 0. The number of aromatic nitrogens is 1. The molecule has 3 aromatic rings. The van der Waals surface area contributed by atoms with Gasteiger partial charge in [-0.05, 0) is 59.4 Å². The number of fused-ring (bicyclic) bond motifs is 1. The molecule has 48 heavy (non-hydrogen) atoms. The van der Waals surface area contributed by atoms with Crippen molar-refractivity contribution < 1.29 is 54.9 Å². The van der Waals surface area contributed by atoms with E-state index < -0.39 is 65.4 Å². The SMILES string of the molecule is Cc1cc(N2CCOC[C@@H]2C(F)(F)F)cc(F)c1C(=O)N[C@@H](Cc1ccc(-c2c(C)c(C(F)(F)F)cn(C)c2=O)c2c1COC2)C(=O)O. The lowest BCUT2D eigenvalue weighted by molar-refractivity contribution is -0.167. The number of alkyl halides is 6. The molecule has 0 bridgehead atoms. The fourth-order valence-electron chi connectivity index (χ4n) is 6.20. The van der Waals surface area contributed by atoms with Crippen molar-refractivity contribution in [1.29, 1.82) is 0 Å². The number of carbonyl (C=O) groups excluding carboxylic acids is 1. The molecular weight excluding hydrogens is 655 g/mol. The lowest BCUT2D eigenvalue weighted by Gasteiger charge is -2.38. The number of morpholine rings is 1. The molecule has 2 aliphatic heterocycles. The summed E-state index contributed by atoms with van der Waals surface area (Å²) in [4.78, 5) is 39.5. The van der Waals surface area contributed by atoms with Crippen molar-refractivity contribution >= 4 is 17.6 Å². The second kappa shape index (κ2) is 12.9. The third-order valence-electron chi connectivity index (χ3n) is 8.60. The van der Waals surface area contributed by atoms with Crippen molar-refractivity contribution in [1.82, 2.24) is 9.88 Å². The zero-order valence-corrected chi connectivity index (χ0v) is 25.8. The monoisotopic (exact) mass is 685 g/mol. The molecule has 0 aliphatic carbocycles. The first-order valence-electron chi connectivity index (χ1n) is 14.6. The van der Waals surface area contributed by atoms with Crippen molar-refractivity contribution in [2.45, 2.75) is 57.9 Å². The molecule has 0 spiro atoms. The molecule has 5 rings (SSSR count). The zero-order chi connectivity index (χ0) is 35.3. The van der Waals surface area contributed by atoms with E-state index in [1.54, 1.807) is 0 Å². The van der Waals surface area contributed by atoms with Gasteiger partial charge in [0.1, 0.15) is 17.9 Å². The number of pyridine rings is 1. The number of hydrogen-bond acceptors (Lipinski definition) is 6. The molecule has 2 N–H and O–H groups in total. The van der Waals surface area contributed by atoms with Crippen LogP contribution in [0.3, 0.4) is 0 Å². The van der Waals surface area contributed by atoms with Crippen molar-refractivity contribution in [3.63, 3.8) is 0 Å².